The van der Waals surface area contributed by atoms with Crippen LogP contribution in [0, 0.1) is 6.92 Å². The molecule has 0 spiro atoms. The fourth-order valence-electron chi connectivity index (χ4n) is 2.82. The highest BCUT2D eigenvalue weighted by atomic mass is 35.5. The van der Waals surface area contributed by atoms with E-state index in [9.17, 15) is 4.79 Å². The molecule has 1 aliphatic rings. The van der Waals surface area contributed by atoms with Gasteiger partial charge in [-0.1, -0.05) is 23.2 Å². The van der Waals surface area contributed by atoms with Gasteiger partial charge in [-0.3, -0.25) is 14.5 Å². The van der Waals surface area contributed by atoms with Gasteiger partial charge in [0, 0.05) is 25.5 Å². The van der Waals surface area contributed by atoms with Crippen LogP contribution in [0.25, 0.3) is 0 Å². The summed E-state index contributed by atoms with van der Waals surface area (Å²) in [4.78, 5) is 19.2. The predicted octanol–water partition coefficient (Wildman–Crippen LogP) is 3.80. The number of nitrogens with zero attached hydrogens (tertiary/aromatic N) is 4. The lowest BCUT2D eigenvalue weighted by atomic mass is 10.1. The highest BCUT2D eigenvalue weighted by Gasteiger charge is 2.38. The first-order valence-electron chi connectivity index (χ1n) is 7.52. The molecule has 1 aliphatic carbocycles. The summed E-state index contributed by atoms with van der Waals surface area (Å²) < 4.78 is 1.66. The molecule has 1 fully saturated rings. The molecule has 5 nitrogen and oxygen atoms in total. The average molecular weight is 353 g/mol. The molecule has 0 N–H and O–H groups in total. The van der Waals surface area contributed by atoms with Crippen molar-refractivity contribution in [1.82, 2.24) is 19.7 Å². The Morgan fingerprint density at radius 1 is 1.43 bits per heavy atom. The van der Waals surface area contributed by atoms with Crippen LogP contribution in [0.3, 0.4) is 0 Å². The van der Waals surface area contributed by atoms with Gasteiger partial charge in [0.25, 0.3) is 5.91 Å². The first kappa shape index (κ1) is 16.3. The van der Waals surface area contributed by atoms with Gasteiger partial charge in [0.15, 0.2) is 0 Å². The standard InChI is InChI=1S/C16H18Cl2N4O/c1-9-13(8-21(3)20-9)16(23)22(12-4-5-12)10(2)15-14(18)6-11(17)7-19-15/h6-8,10,12H,4-5H2,1-3H3. The maximum atomic E-state index is 13.0. The molecule has 0 aromatic carbocycles. The van der Waals surface area contributed by atoms with Gasteiger partial charge in [-0.25, -0.2) is 0 Å². The van der Waals surface area contributed by atoms with Gasteiger partial charge in [-0.15, -0.1) is 0 Å². The maximum absolute atomic E-state index is 13.0. The molecule has 0 aliphatic heterocycles. The molecular formula is C16H18Cl2N4O. The molecule has 7 heteroatoms. The van der Waals surface area contributed by atoms with Gasteiger partial charge in [-0.05, 0) is 32.8 Å². The molecule has 1 amide bonds. The zero-order valence-corrected chi connectivity index (χ0v) is 14.8. The third kappa shape index (κ3) is 3.21. The van der Waals surface area contributed by atoms with E-state index in [1.54, 1.807) is 23.1 Å². The molecule has 1 unspecified atom stereocenters. The minimum atomic E-state index is -0.223. The third-order valence-electron chi connectivity index (χ3n) is 4.07. The number of hydrogen-bond acceptors (Lipinski definition) is 3. The minimum Gasteiger partial charge on any atom is -0.327 e. The largest absolute Gasteiger partial charge is 0.327 e. The lowest BCUT2D eigenvalue weighted by molar-refractivity contribution is 0.0669. The van der Waals surface area contributed by atoms with E-state index in [1.165, 1.54) is 0 Å². The number of carbonyl (C=O) groups is 1. The van der Waals surface area contributed by atoms with Crippen LogP contribution in [-0.4, -0.2) is 31.6 Å². The molecule has 23 heavy (non-hydrogen) atoms. The molecule has 1 atom stereocenters. The van der Waals surface area contributed by atoms with Crippen molar-refractivity contribution in [3.8, 4) is 0 Å². The van der Waals surface area contributed by atoms with Crippen molar-refractivity contribution in [3.05, 3.63) is 45.5 Å². The van der Waals surface area contributed by atoms with E-state index < -0.39 is 0 Å². The van der Waals surface area contributed by atoms with Crippen LogP contribution in [0.2, 0.25) is 10.0 Å². The number of halogens is 2. The summed E-state index contributed by atoms with van der Waals surface area (Å²) in [6, 6.07) is 1.66. The Morgan fingerprint density at radius 2 is 2.13 bits per heavy atom. The van der Waals surface area contributed by atoms with Gasteiger partial charge < -0.3 is 4.90 Å². The van der Waals surface area contributed by atoms with Crippen molar-refractivity contribution < 1.29 is 4.79 Å². The second-order valence-corrected chi connectivity index (χ2v) is 6.79. The molecule has 2 heterocycles. The molecule has 0 saturated heterocycles. The summed E-state index contributed by atoms with van der Waals surface area (Å²) in [5.74, 6) is -0.0292. The van der Waals surface area contributed by atoms with Gasteiger partial charge in [0.1, 0.15) is 0 Å². The Morgan fingerprint density at radius 3 is 2.65 bits per heavy atom. The van der Waals surface area contributed by atoms with Crippen molar-refractivity contribution in [1.29, 1.82) is 0 Å². The Kier molecular flexibility index (Phi) is 4.34. The van der Waals surface area contributed by atoms with Gasteiger partial charge in [0.05, 0.1) is 33.0 Å². The van der Waals surface area contributed by atoms with Crippen molar-refractivity contribution in [3.63, 3.8) is 0 Å². The molecule has 0 radical (unpaired) electrons. The van der Waals surface area contributed by atoms with Gasteiger partial charge >= 0.3 is 0 Å². The molecule has 3 rings (SSSR count). The monoisotopic (exact) mass is 352 g/mol. The van der Waals surface area contributed by atoms with E-state index >= 15 is 0 Å². The average Bonchev–Trinajstić information content (AvgIpc) is 3.23. The third-order valence-corrected chi connectivity index (χ3v) is 4.58. The Labute approximate surface area is 145 Å². The van der Waals surface area contributed by atoms with Crippen LogP contribution in [0.5, 0.6) is 0 Å². The van der Waals surface area contributed by atoms with Crippen molar-refractivity contribution >= 4 is 29.1 Å². The second-order valence-electron chi connectivity index (χ2n) is 5.94. The summed E-state index contributed by atoms with van der Waals surface area (Å²) in [5, 5.41) is 5.23. The lowest BCUT2D eigenvalue weighted by Crippen LogP contribution is -2.36. The summed E-state index contributed by atoms with van der Waals surface area (Å²) in [5.41, 5.74) is 2.01. The Balaban J connectivity index is 1.95. The van der Waals surface area contributed by atoms with Gasteiger partial charge in [0.2, 0.25) is 0 Å². The van der Waals surface area contributed by atoms with E-state index in [-0.39, 0.29) is 18.0 Å². The van der Waals surface area contributed by atoms with E-state index in [1.807, 2.05) is 25.8 Å². The molecule has 122 valence electrons. The summed E-state index contributed by atoms with van der Waals surface area (Å²) in [6.45, 7) is 3.79. The van der Waals surface area contributed by atoms with Crippen LogP contribution >= 0.6 is 23.2 Å². The van der Waals surface area contributed by atoms with E-state index in [4.69, 9.17) is 23.2 Å². The maximum Gasteiger partial charge on any atom is 0.258 e. The molecule has 1 saturated carbocycles. The van der Waals surface area contributed by atoms with E-state index in [2.05, 4.69) is 10.1 Å². The predicted molar refractivity (Wildman–Crippen MR) is 89.8 cm³/mol. The second kappa shape index (κ2) is 6.13. The number of hydrogen-bond donors (Lipinski definition) is 0. The fraction of sp³-hybridized carbons (Fsp3) is 0.438. The summed E-state index contributed by atoms with van der Waals surface area (Å²) in [7, 11) is 1.81. The van der Waals surface area contributed by atoms with Crippen molar-refractivity contribution in [2.45, 2.75) is 38.8 Å². The number of carbonyl (C=O) groups excluding carboxylic acids is 1. The first-order valence-corrected chi connectivity index (χ1v) is 8.28. The van der Waals surface area contributed by atoms with E-state index in [0.29, 0.717) is 21.3 Å². The van der Waals surface area contributed by atoms with Crippen LogP contribution in [-0.2, 0) is 7.05 Å². The highest BCUT2D eigenvalue weighted by Crippen LogP contribution is 2.37. The van der Waals surface area contributed by atoms with Crippen LogP contribution < -0.4 is 0 Å². The lowest BCUT2D eigenvalue weighted by Gasteiger charge is -2.29. The molecule has 2 aromatic heterocycles. The quantitative estimate of drug-likeness (QED) is 0.840. The Bertz CT molecular complexity index is 755. The number of aryl methyl sites for hydroxylation is 2. The SMILES string of the molecule is Cc1nn(C)cc1C(=O)N(C1CC1)C(C)c1ncc(Cl)cc1Cl. The Hall–Kier alpha value is -1.59. The minimum absolute atomic E-state index is 0.0292. The topological polar surface area (TPSA) is 51.0 Å². The van der Waals surface area contributed by atoms with Crippen LogP contribution in [0.1, 0.15) is 47.6 Å². The van der Waals surface area contributed by atoms with Gasteiger partial charge in [-0.2, -0.15) is 5.10 Å². The molecule has 2 aromatic rings. The van der Waals surface area contributed by atoms with Crippen LogP contribution in [0.4, 0.5) is 0 Å². The molecular weight excluding hydrogens is 335 g/mol. The van der Waals surface area contributed by atoms with Crippen molar-refractivity contribution in [2.24, 2.45) is 7.05 Å². The number of aromatic nitrogens is 3. The zero-order valence-electron chi connectivity index (χ0n) is 13.3. The highest BCUT2D eigenvalue weighted by molar-refractivity contribution is 6.34. The smallest absolute Gasteiger partial charge is 0.258 e. The summed E-state index contributed by atoms with van der Waals surface area (Å²) >= 11 is 12.2. The van der Waals surface area contributed by atoms with Crippen molar-refractivity contribution in [2.75, 3.05) is 0 Å². The molecule has 0 bridgehead atoms. The normalized spacial score (nSPS) is 15.5. The number of amides is 1. The fourth-order valence-corrected chi connectivity index (χ4v) is 3.36. The zero-order chi connectivity index (χ0) is 16.7. The summed E-state index contributed by atoms with van der Waals surface area (Å²) in [6.07, 6.45) is 5.32. The number of rotatable bonds is 4. The number of pyridine rings is 1. The van der Waals surface area contributed by atoms with Crippen LogP contribution in [0.15, 0.2) is 18.5 Å². The van der Waals surface area contributed by atoms with E-state index in [0.717, 1.165) is 18.5 Å². The first-order chi connectivity index (χ1) is 10.9.